The molecule has 4 aromatic rings. The Kier molecular flexibility index (Phi) is 7.10. The number of pyridine rings is 1. The molecule has 0 bridgehead atoms. The molecule has 2 aromatic heterocycles. The van der Waals surface area contributed by atoms with Gasteiger partial charge in [-0.2, -0.15) is 0 Å². The Balaban J connectivity index is 1.32. The van der Waals surface area contributed by atoms with Gasteiger partial charge in [0.25, 0.3) is 0 Å². The Hall–Kier alpha value is -3.71. The lowest BCUT2D eigenvalue weighted by atomic mass is 10.0. The maximum atomic E-state index is 6.61. The molecule has 1 saturated heterocycles. The van der Waals surface area contributed by atoms with Crippen LogP contribution in [0.5, 0.6) is 11.6 Å². The second-order valence-electron chi connectivity index (χ2n) is 10.7. The molecule has 0 unspecified atom stereocenters. The summed E-state index contributed by atoms with van der Waals surface area (Å²) in [5.74, 6) is 2.68. The fourth-order valence-electron chi connectivity index (χ4n) is 5.76. The van der Waals surface area contributed by atoms with Crippen LogP contribution >= 0.6 is 0 Å². The van der Waals surface area contributed by atoms with Gasteiger partial charge in [0.05, 0.1) is 11.3 Å². The van der Waals surface area contributed by atoms with Crippen molar-refractivity contribution >= 4 is 22.4 Å². The van der Waals surface area contributed by atoms with E-state index in [0.29, 0.717) is 29.8 Å². The third kappa shape index (κ3) is 5.16. The zero-order chi connectivity index (χ0) is 25.9. The molecule has 6 rings (SSSR count). The minimum Gasteiger partial charge on any atom is -0.437 e. The molecule has 0 amide bonds. The summed E-state index contributed by atoms with van der Waals surface area (Å²) in [5, 5.41) is 13.0. The van der Waals surface area contributed by atoms with E-state index in [-0.39, 0.29) is 0 Å². The van der Waals surface area contributed by atoms with E-state index in [1.807, 2.05) is 18.2 Å². The van der Waals surface area contributed by atoms with E-state index >= 15 is 0 Å². The van der Waals surface area contributed by atoms with Gasteiger partial charge < -0.3 is 20.7 Å². The SMILES string of the molecule is Cc1ccc2c(N[C@H]3CCC[C@@H]3C)cccc2c1Oc1ncccc1-c1ccnc(N[C@H]2CCCNC2)n1. The molecule has 7 heteroatoms. The largest absolute Gasteiger partial charge is 0.437 e. The minimum absolute atomic E-state index is 0.331. The second-order valence-corrected chi connectivity index (χ2v) is 10.7. The summed E-state index contributed by atoms with van der Waals surface area (Å²) in [5.41, 5.74) is 3.85. The van der Waals surface area contributed by atoms with Crippen molar-refractivity contribution in [3.05, 3.63) is 66.5 Å². The molecule has 2 aromatic carbocycles. The molecular weight excluding hydrogens is 472 g/mol. The van der Waals surface area contributed by atoms with E-state index in [0.717, 1.165) is 59.6 Å². The number of aryl methyl sites for hydroxylation is 1. The van der Waals surface area contributed by atoms with Crippen molar-refractivity contribution in [2.45, 2.75) is 58.0 Å². The number of nitrogens with one attached hydrogen (secondary N) is 3. The summed E-state index contributed by atoms with van der Waals surface area (Å²) in [4.78, 5) is 13.9. The predicted octanol–water partition coefficient (Wildman–Crippen LogP) is 6.56. The molecule has 0 radical (unpaired) electrons. The Bertz CT molecular complexity index is 1420. The highest BCUT2D eigenvalue weighted by Crippen LogP contribution is 2.39. The van der Waals surface area contributed by atoms with E-state index in [1.165, 1.54) is 24.6 Å². The van der Waals surface area contributed by atoms with Crippen LogP contribution in [0.2, 0.25) is 0 Å². The number of ether oxygens (including phenoxy) is 1. The van der Waals surface area contributed by atoms with Gasteiger partial charge in [-0.15, -0.1) is 0 Å². The number of hydrogen-bond acceptors (Lipinski definition) is 7. The van der Waals surface area contributed by atoms with E-state index in [1.54, 1.807) is 12.4 Å². The van der Waals surface area contributed by atoms with Gasteiger partial charge in [-0.05, 0) is 74.9 Å². The Labute approximate surface area is 224 Å². The lowest BCUT2D eigenvalue weighted by molar-refractivity contribution is 0.466. The molecule has 2 fully saturated rings. The molecule has 38 heavy (non-hydrogen) atoms. The van der Waals surface area contributed by atoms with Crippen molar-refractivity contribution in [3.8, 4) is 22.9 Å². The molecule has 3 N–H and O–H groups in total. The van der Waals surface area contributed by atoms with Crippen molar-refractivity contribution in [2.24, 2.45) is 5.92 Å². The highest BCUT2D eigenvalue weighted by molar-refractivity contribution is 5.98. The highest BCUT2D eigenvalue weighted by atomic mass is 16.5. The second kappa shape index (κ2) is 11.0. The van der Waals surface area contributed by atoms with Gasteiger partial charge >= 0.3 is 0 Å². The van der Waals surface area contributed by atoms with Crippen molar-refractivity contribution in [2.75, 3.05) is 23.7 Å². The number of anilines is 2. The summed E-state index contributed by atoms with van der Waals surface area (Å²) in [7, 11) is 0. The van der Waals surface area contributed by atoms with Crippen LogP contribution in [0.1, 0.15) is 44.6 Å². The molecule has 2 aliphatic rings. The summed E-state index contributed by atoms with van der Waals surface area (Å²) < 4.78 is 6.61. The summed E-state index contributed by atoms with van der Waals surface area (Å²) in [6.07, 6.45) is 9.62. The highest BCUT2D eigenvalue weighted by Gasteiger charge is 2.24. The zero-order valence-electron chi connectivity index (χ0n) is 22.2. The lowest BCUT2D eigenvalue weighted by Crippen LogP contribution is -2.38. The van der Waals surface area contributed by atoms with Gasteiger partial charge in [-0.1, -0.05) is 37.6 Å². The topological polar surface area (TPSA) is 84.0 Å². The molecule has 3 heterocycles. The van der Waals surface area contributed by atoms with Crippen molar-refractivity contribution in [1.29, 1.82) is 0 Å². The third-order valence-corrected chi connectivity index (χ3v) is 7.94. The van der Waals surface area contributed by atoms with Crippen LogP contribution in [0.4, 0.5) is 11.6 Å². The summed E-state index contributed by atoms with van der Waals surface area (Å²) in [6, 6.07) is 17.4. The van der Waals surface area contributed by atoms with Crippen molar-refractivity contribution < 1.29 is 4.74 Å². The van der Waals surface area contributed by atoms with Crippen molar-refractivity contribution in [3.63, 3.8) is 0 Å². The smallest absolute Gasteiger partial charge is 0.228 e. The lowest BCUT2D eigenvalue weighted by Gasteiger charge is -2.23. The first-order chi connectivity index (χ1) is 18.7. The van der Waals surface area contributed by atoms with Gasteiger partial charge in [-0.25, -0.2) is 15.0 Å². The molecule has 1 aliphatic heterocycles. The molecule has 3 atom stereocenters. The number of hydrogen-bond donors (Lipinski definition) is 3. The van der Waals surface area contributed by atoms with Crippen LogP contribution in [0, 0.1) is 12.8 Å². The summed E-state index contributed by atoms with van der Waals surface area (Å²) >= 11 is 0. The Morgan fingerprint density at radius 2 is 1.84 bits per heavy atom. The van der Waals surface area contributed by atoms with Gasteiger partial charge in [-0.3, -0.25) is 0 Å². The third-order valence-electron chi connectivity index (χ3n) is 7.94. The standard InChI is InChI=1S/C31H36N6O/c1-20-7-3-11-26(20)36-27-12-4-9-24-23(27)14-13-21(2)29(24)38-30-25(10-6-17-33-30)28-15-18-34-31(37-28)35-22-8-5-16-32-19-22/h4,6,9-10,12-15,17-18,20,22,26,32,36H,3,5,7-8,11,16,19H2,1-2H3,(H,34,35,37)/t20-,22-,26-/m0/s1. The van der Waals surface area contributed by atoms with Crippen LogP contribution in [-0.2, 0) is 0 Å². The molecule has 1 saturated carbocycles. The number of aromatic nitrogens is 3. The number of nitrogens with zero attached hydrogens (tertiary/aromatic N) is 3. The molecule has 0 spiro atoms. The first-order valence-electron chi connectivity index (χ1n) is 13.9. The minimum atomic E-state index is 0.331. The molecule has 1 aliphatic carbocycles. The van der Waals surface area contributed by atoms with Crippen LogP contribution in [-0.4, -0.2) is 40.1 Å². The average molecular weight is 509 g/mol. The predicted molar refractivity (Wildman–Crippen MR) is 154 cm³/mol. The van der Waals surface area contributed by atoms with Crippen LogP contribution in [0.25, 0.3) is 22.0 Å². The first kappa shape index (κ1) is 24.6. The maximum Gasteiger partial charge on any atom is 0.228 e. The zero-order valence-corrected chi connectivity index (χ0v) is 22.2. The fourth-order valence-corrected chi connectivity index (χ4v) is 5.76. The van der Waals surface area contributed by atoms with E-state index in [9.17, 15) is 0 Å². The van der Waals surface area contributed by atoms with Crippen LogP contribution in [0.15, 0.2) is 60.9 Å². The fraction of sp³-hybridized carbons (Fsp3) is 0.387. The van der Waals surface area contributed by atoms with E-state index < -0.39 is 0 Å². The molecule has 196 valence electrons. The van der Waals surface area contributed by atoms with E-state index in [2.05, 4.69) is 70.1 Å². The summed E-state index contributed by atoms with van der Waals surface area (Å²) in [6.45, 7) is 6.42. The van der Waals surface area contributed by atoms with Crippen LogP contribution < -0.4 is 20.7 Å². The van der Waals surface area contributed by atoms with E-state index in [4.69, 9.17) is 9.72 Å². The van der Waals surface area contributed by atoms with Gasteiger partial charge in [0.2, 0.25) is 11.8 Å². The van der Waals surface area contributed by atoms with Gasteiger partial charge in [0.15, 0.2) is 0 Å². The number of rotatable bonds is 7. The maximum absolute atomic E-state index is 6.61. The number of fused-ring (bicyclic) bond motifs is 1. The quantitative estimate of drug-likeness (QED) is 0.261. The Morgan fingerprint density at radius 1 is 0.895 bits per heavy atom. The van der Waals surface area contributed by atoms with Gasteiger partial charge in [0.1, 0.15) is 5.75 Å². The number of piperidine rings is 1. The average Bonchev–Trinajstić information content (AvgIpc) is 3.35. The first-order valence-corrected chi connectivity index (χ1v) is 13.9. The Morgan fingerprint density at radius 3 is 2.68 bits per heavy atom. The van der Waals surface area contributed by atoms with Crippen molar-refractivity contribution in [1.82, 2.24) is 20.3 Å². The molecule has 7 nitrogen and oxygen atoms in total. The van der Waals surface area contributed by atoms with Crippen LogP contribution in [0.3, 0.4) is 0 Å². The molecular formula is C31H36N6O. The normalized spacial score (nSPS) is 21.4. The monoisotopic (exact) mass is 508 g/mol. The van der Waals surface area contributed by atoms with Gasteiger partial charge in [0, 0.05) is 47.5 Å². The number of benzene rings is 2.